The normalized spacial score (nSPS) is 8.21. The van der Waals surface area contributed by atoms with Gasteiger partial charge in [0.05, 0.1) is 0 Å². The first kappa shape index (κ1) is 15.2. The Labute approximate surface area is 84.4 Å². The molecule has 14 heavy (non-hydrogen) atoms. The van der Waals surface area contributed by atoms with Gasteiger partial charge in [-0.3, -0.25) is 0 Å². The van der Waals surface area contributed by atoms with Gasteiger partial charge in [0, 0.05) is 0 Å². The van der Waals surface area contributed by atoms with Crippen LogP contribution in [0.15, 0.2) is 24.3 Å². The number of benzene rings is 1. The van der Waals surface area contributed by atoms with Crippen molar-refractivity contribution in [2.75, 3.05) is 0 Å². The second-order valence-corrected chi connectivity index (χ2v) is 2.65. The van der Waals surface area contributed by atoms with Crippen molar-refractivity contribution in [1.29, 1.82) is 0 Å². The van der Waals surface area contributed by atoms with E-state index in [2.05, 4.69) is 5.32 Å². The Morgan fingerprint density at radius 1 is 1.29 bits per heavy atom. The van der Waals surface area contributed by atoms with Crippen molar-refractivity contribution in [3.8, 4) is 0 Å². The molecule has 3 N–H and O–H groups in total. The van der Waals surface area contributed by atoms with Crippen LogP contribution in [-0.4, -0.2) is 24.7 Å². The number of carbonyl (C=O) groups excluding carboxylic acids is 1. The molecule has 0 radical (unpaired) electrons. The first-order valence-electron chi connectivity index (χ1n) is 3.77. The molecule has 5 heteroatoms. The number of amides is 1. The molecular weight excluding hydrogens is 181 g/mol. The number of rotatable bonds is 2. The molecule has 0 bridgehead atoms. The molecule has 0 saturated heterocycles. The fourth-order valence-corrected chi connectivity index (χ4v) is 0.862. The van der Waals surface area contributed by atoms with Gasteiger partial charge < -0.3 is 11.0 Å². The molecule has 0 spiro atoms. The fraction of sp³-hybridized carbons (Fsp3) is 0.222. The molecule has 0 heterocycles. The molecule has 0 unspecified atom stereocenters. The zero-order valence-corrected chi connectivity index (χ0v) is 7.90. The van der Waals surface area contributed by atoms with E-state index in [9.17, 15) is 4.79 Å². The van der Waals surface area contributed by atoms with E-state index in [0.717, 1.165) is 11.0 Å². The van der Waals surface area contributed by atoms with Crippen LogP contribution in [0.4, 0.5) is 0 Å². The van der Waals surface area contributed by atoms with Crippen LogP contribution in [0, 0.1) is 0 Å². The standard InChI is InChI=1S/C9H10BNO.2H2O/c1-7(12)11-6-8-2-4-9(10)5-3-8;;/h2-5H,6H2,1H3,(H,11,12);2*1H2/q+2;;/p-2. The first-order chi connectivity index (χ1) is 5.68. The summed E-state index contributed by atoms with van der Waals surface area (Å²) < 4.78 is 0. The average molecular weight is 193 g/mol. The maximum Gasteiger partial charge on any atom is -0.870 e. The quantitative estimate of drug-likeness (QED) is 0.657. The molecule has 0 aromatic heterocycles. The van der Waals surface area contributed by atoms with E-state index in [1.807, 2.05) is 24.3 Å². The van der Waals surface area contributed by atoms with Gasteiger partial charge in [0.1, 0.15) is 0 Å². The summed E-state index contributed by atoms with van der Waals surface area (Å²) in [5.41, 5.74) is 1.79. The molecule has 1 aromatic carbocycles. The second-order valence-electron chi connectivity index (χ2n) is 2.65. The summed E-state index contributed by atoms with van der Waals surface area (Å²) in [4.78, 5) is 10.5. The molecule has 1 amide bonds. The Balaban J connectivity index is 0. The molecule has 0 saturated carbocycles. The summed E-state index contributed by atoms with van der Waals surface area (Å²) in [6.07, 6.45) is 0. The Morgan fingerprint density at radius 2 is 1.79 bits per heavy atom. The fourth-order valence-electron chi connectivity index (χ4n) is 0.862. The third-order valence-electron chi connectivity index (χ3n) is 1.52. The monoisotopic (exact) mass is 193 g/mol. The predicted octanol–water partition coefficient (Wildman–Crippen LogP) is -0.237. The van der Waals surface area contributed by atoms with Crippen molar-refractivity contribution in [3.05, 3.63) is 29.8 Å². The van der Waals surface area contributed by atoms with Crippen molar-refractivity contribution < 1.29 is 15.7 Å². The average Bonchev–Trinajstić information content (AvgIpc) is 2.03. The predicted molar refractivity (Wildman–Crippen MR) is 53.2 cm³/mol. The second kappa shape index (κ2) is 7.11. The molecule has 0 aliphatic rings. The van der Waals surface area contributed by atoms with Crippen molar-refractivity contribution in [2.24, 2.45) is 0 Å². The Hall–Kier alpha value is -1.33. The van der Waals surface area contributed by atoms with Crippen LogP contribution in [0.1, 0.15) is 12.5 Å². The maximum atomic E-state index is 10.5. The molecule has 1 aromatic rings. The van der Waals surface area contributed by atoms with Crippen LogP contribution in [0.2, 0.25) is 0 Å². The maximum absolute atomic E-state index is 10.5. The van der Waals surface area contributed by atoms with Gasteiger partial charge >= 0.3 is 72.6 Å². The summed E-state index contributed by atoms with van der Waals surface area (Å²) >= 11 is 0. The first-order valence-corrected chi connectivity index (χ1v) is 3.77. The molecule has 0 fully saturated rings. The van der Waals surface area contributed by atoms with Gasteiger partial charge in [0.2, 0.25) is 0 Å². The summed E-state index contributed by atoms with van der Waals surface area (Å²) in [5.74, 6) is -0.0215. The van der Waals surface area contributed by atoms with Gasteiger partial charge in [-0.15, -0.1) is 0 Å². The van der Waals surface area contributed by atoms with Gasteiger partial charge in [-0.1, -0.05) is 0 Å². The molecular formula is C9H12BNO3. The SMILES string of the molecule is [B+2]c1ccc(CNC(C)=O)cc1.[OH-].[OH-]. The largest absolute Gasteiger partial charge is 0.870 e. The number of carbonyl (C=O) groups is 1. The van der Waals surface area contributed by atoms with E-state index < -0.39 is 0 Å². The van der Waals surface area contributed by atoms with Gasteiger partial charge in [-0.05, 0) is 0 Å². The van der Waals surface area contributed by atoms with E-state index in [1.165, 1.54) is 6.92 Å². The van der Waals surface area contributed by atoms with Gasteiger partial charge in [-0.25, -0.2) is 0 Å². The third-order valence-corrected chi connectivity index (χ3v) is 1.52. The van der Waals surface area contributed by atoms with Gasteiger partial charge in [0.15, 0.2) is 0 Å². The van der Waals surface area contributed by atoms with Gasteiger partial charge in [-0.2, -0.15) is 0 Å². The summed E-state index contributed by atoms with van der Waals surface area (Å²) in [6.45, 7) is 2.06. The Bertz CT molecular complexity index is 274. The van der Waals surface area contributed by atoms with Crippen molar-refractivity contribution in [1.82, 2.24) is 5.32 Å². The van der Waals surface area contributed by atoms with Crippen LogP contribution >= 0.6 is 0 Å². The minimum atomic E-state index is -0.0215. The smallest absolute Gasteiger partial charge is 0.870 e. The minimum absolute atomic E-state index is 0. The van der Waals surface area contributed by atoms with Crippen molar-refractivity contribution in [3.63, 3.8) is 0 Å². The van der Waals surface area contributed by atoms with Crippen molar-refractivity contribution in [2.45, 2.75) is 13.5 Å². The van der Waals surface area contributed by atoms with Crippen LogP contribution in [0.25, 0.3) is 0 Å². The van der Waals surface area contributed by atoms with E-state index >= 15 is 0 Å². The third kappa shape index (κ3) is 5.34. The zero-order valence-electron chi connectivity index (χ0n) is 7.90. The molecule has 0 aliphatic heterocycles. The Kier molecular flexibility index (Phi) is 7.70. The Morgan fingerprint density at radius 3 is 2.21 bits per heavy atom. The van der Waals surface area contributed by atoms with Crippen LogP contribution in [-0.2, 0) is 11.3 Å². The van der Waals surface area contributed by atoms with Crippen LogP contribution in [0.5, 0.6) is 0 Å². The molecule has 0 atom stereocenters. The molecule has 1 rings (SSSR count). The topological polar surface area (TPSA) is 89.1 Å². The minimum Gasteiger partial charge on any atom is -0.870 e. The summed E-state index contributed by atoms with van der Waals surface area (Å²) in [7, 11) is 5.50. The number of hydrogen-bond donors (Lipinski definition) is 1. The van der Waals surface area contributed by atoms with E-state index in [0.29, 0.717) is 6.54 Å². The van der Waals surface area contributed by atoms with Crippen LogP contribution < -0.4 is 10.8 Å². The number of nitrogens with one attached hydrogen (secondary N) is 1. The number of hydrogen-bond acceptors (Lipinski definition) is 3. The molecule has 4 nitrogen and oxygen atoms in total. The van der Waals surface area contributed by atoms with E-state index in [1.54, 1.807) is 0 Å². The molecule has 74 valence electrons. The van der Waals surface area contributed by atoms with E-state index in [4.69, 9.17) is 7.85 Å². The van der Waals surface area contributed by atoms with Crippen molar-refractivity contribution >= 4 is 19.2 Å². The summed E-state index contributed by atoms with van der Waals surface area (Å²) in [6, 6.07) is 7.42. The van der Waals surface area contributed by atoms with E-state index in [-0.39, 0.29) is 16.9 Å². The van der Waals surface area contributed by atoms with Gasteiger partial charge in [0.25, 0.3) is 0 Å². The molecule has 0 aliphatic carbocycles. The zero-order chi connectivity index (χ0) is 8.97. The summed E-state index contributed by atoms with van der Waals surface area (Å²) in [5, 5.41) is 2.70. The van der Waals surface area contributed by atoms with Crippen LogP contribution in [0.3, 0.4) is 0 Å².